The third-order valence-electron chi connectivity index (χ3n) is 3.79. The van der Waals surface area contributed by atoms with Crippen molar-refractivity contribution in [3.63, 3.8) is 0 Å². The number of hydrogen-bond acceptors (Lipinski definition) is 4. The molecule has 0 atom stereocenters. The Morgan fingerprint density at radius 3 is 2.67 bits per heavy atom. The number of halogens is 1. The van der Waals surface area contributed by atoms with Gasteiger partial charge in [0.25, 0.3) is 0 Å². The summed E-state index contributed by atoms with van der Waals surface area (Å²) >= 11 is 6.32. The minimum Gasteiger partial charge on any atom is -0.282 e. The zero-order chi connectivity index (χ0) is 16.4. The van der Waals surface area contributed by atoms with Crippen LogP contribution >= 0.6 is 11.6 Å². The first-order chi connectivity index (χ1) is 11.8. The van der Waals surface area contributed by atoms with Crippen LogP contribution in [0.1, 0.15) is 11.5 Å². The van der Waals surface area contributed by atoms with Crippen LogP contribution in [0.15, 0.2) is 61.2 Å². The van der Waals surface area contributed by atoms with Gasteiger partial charge in [-0.2, -0.15) is 0 Å². The molecule has 4 rings (SSSR count). The lowest BCUT2D eigenvalue weighted by molar-refractivity contribution is 0.821. The molecule has 5 nitrogen and oxygen atoms in total. The summed E-state index contributed by atoms with van der Waals surface area (Å²) in [5.74, 6) is 1.38. The lowest BCUT2D eigenvalue weighted by Crippen LogP contribution is -2.05. The number of pyridine rings is 1. The molecular weight excluding hydrogens is 322 g/mol. The molecular formula is C18H14ClN5. The van der Waals surface area contributed by atoms with Gasteiger partial charge in [-0.1, -0.05) is 29.8 Å². The number of para-hydroxylation sites is 2. The lowest BCUT2D eigenvalue weighted by atomic mass is 10.2. The van der Waals surface area contributed by atoms with Gasteiger partial charge in [0.05, 0.1) is 17.2 Å². The number of hydrogen-bond donors (Lipinski definition) is 0. The number of aryl methyl sites for hydroxylation is 2. The van der Waals surface area contributed by atoms with E-state index in [0.29, 0.717) is 17.3 Å². The Morgan fingerprint density at radius 2 is 1.79 bits per heavy atom. The molecule has 6 heteroatoms. The van der Waals surface area contributed by atoms with Gasteiger partial charge in [0.1, 0.15) is 17.2 Å². The van der Waals surface area contributed by atoms with E-state index < -0.39 is 0 Å². The van der Waals surface area contributed by atoms with Gasteiger partial charge in [0.15, 0.2) is 5.82 Å². The summed E-state index contributed by atoms with van der Waals surface area (Å²) in [5, 5.41) is 0.500. The summed E-state index contributed by atoms with van der Waals surface area (Å²) in [6.07, 6.45) is 6.66. The molecule has 0 aliphatic rings. The Labute approximate surface area is 144 Å². The summed E-state index contributed by atoms with van der Waals surface area (Å²) in [6.45, 7) is 0. The fourth-order valence-electron chi connectivity index (χ4n) is 2.60. The van der Waals surface area contributed by atoms with Crippen LogP contribution in [-0.2, 0) is 12.8 Å². The largest absolute Gasteiger partial charge is 0.282 e. The molecule has 0 N–H and O–H groups in total. The molecule has 3 heterocycles. The molecule has 118 valence electrons. The summed E-state index contributed by atoms with van der Waals surface area (Å²) in [7, 11) is 0. The highest BCUT2D eigenvalue weighted by Gasteiger charge is 2.11. The molecule has 1 aromatic carbocycles. The molecule has 0 spiro atoms. The molecule has 0 saturated heterocycles. The summed E-state index contributed by atoms with van der Waals surface area (Å²) in [5.41, 5.74) is 2.89. The van der Waals surface area contributed by atoms with Crippen molar-refractivity contribution in [2.75, 3.05) is 0 Å². The maximum absolute atomic E-state index is 6.32. The number of benzene rings is 1. The minimum absolute atomic E-state index is 0.500. The van der Waals surface area contributed by atoms with E-state index in [1.165, 1.54) is 0 Å². The number of fused-ring (bicyclic) bond motifs is 1. The van der Waals surface area contributed by atoms with E-state index in [1.54, 1.807) is 18.7 Å². The number of nitrogens with zero attached hydrogens (tertiary/aromatic N) is 5. The quantitative estimate of drug-likeness (QED) is 0.571. The molecule has 0 aliphatic carbocycles. The molecule has 0 saturated carbocycles. The van der Waals surface area contributed by atoms with Crippen LogP contribution in [0, 0.1) is 0 Å². The first-order valence-corrected chi connectivity index (χ1v) is 8.03. The topological polar surface area (TPSA) is 56.5 Å². The molecule has 0 unspecified atom stereocenters. The highest BCUT2D eigenvalue weighted by atomic mass is 35.5. The van der Waals surface area contributed by atoms with Crippen LogP contribution in [0.5, 0.6) is 0 Å². The van der Waals surface area contributed by atoms with E-state index in [-0.39, 0.29) is 0 Å². The number of imidazole rings is 1. The zero-order valence-corrected chi connectivity index (χ0v) is 13.6. The van der Waals surface area contributed by atoms with Crippen molar-refractivity contribution >= 4 is 22.6 Å². The second-order valence-corrected chi connectivity index (χ2v) is 5.79. The molecule has 4 aromatic rings. The summed E-state index contributed by atoms with van der Waals surface area (Å²) < 4.78 is 1.89. The average Bonchev–Trinajstić information content (AvgIpc) is 3.06. The monoisotopic (exact) mass is 335 g/mol. The average molecular weight is 336 g/mol. The zero-order valence-electron chi connectivity index (χ0n) is 12.8. The van der Waals surface area contributed by atoms with Crippen LogP contribution < -0.4 is 0 Å². The van der Waals surface area contributed by atoms with Crippen LogP contribution in [0.25, 0.3) is 16.9 Å². The summed E-state index contributed by atoms with van der Waals surface area (Å²) in [6, 6.07) is 13.8. The van der Waals surface area contributed by atoms with Crippen LogP contribution in [0.3, 0.4) is 0 Å². The third-order valence-corrected chi connectivity index (χ3v) is 4.05. The Hall–Kier alpha value is -2.79. The van der Waals surface area contributed by atoms with Gasteiger partial charge >= 0.3 is 0 Å². The second-order valence-electron chi connectivity index (χ2n) is 5.38. The molecule has 0 aliphatic heterocycles. The van der Waals surface area contributed by atoms with Crippen molar-refractivity contribution in [3.8, 4) is 5.82 Å². The van der Waals surface area contributed by atoms with Crippen LogP contribution in [-0.4, -0.2) is 24.5 Å². The van der Waals surface area contributed by atoms with Gasteiger partial charge in [-0.05, 0) is 30.7 Å². The lowest BCUT2D eigenvalue weighted by Gasteiger charge is -2.08. The highest BCUT2D eigenvalue weighted by Crippen LogP contribution is 2.22. The van der Waals surface area contributed by atoms with Crippen molar-refractivity contribution < 1.29 is 0 Å². The van der Waals surface area contributed by atoms with E-state index in [0.717, 1.165) is 29.0 Å². The smallest absolute Gasteiger partial charge is 0.160 e. The predicted molar refractivity (Wildman–Crippen MR) is 93.3 cm³/mol. The van der Waals surface area contributed by atoms with Gasteiger partial charge in [-0.15, -0.1) is 0 Å². The van der Waals surface area contributed by atoms with E-state index in [2.05, 4.69) is 19.9 Å². The molecule has 0 amide bonds. The fraction of sp³-hybridized carbons (Fsp3) is 0.111. The van der Waals surface area contributed by atoms with Crippen molar-refractivity contribution in [2.45, 2.75) is 12.8 Å². The number of rotatable bonds is 4. The van der Waals surface area contributed by atoms with Crippen LogP contribution in [0.4, 0.5) is 0 Å². The van der Waals surface area contributed by atoms with E-state index in [1.807, 2.05) is 47.0 Å². The molecule has 3 aromatic heterocycles. The van der Waals surface area contributed by atoms with Gasteiger partial charge < -0.3 is 0 Å². The van der Waals surface area contributed by atoms with E-state index >= 15 is 0 Å². The van der Waals surface area contributed by atoms with Crippen molar-refractivity contribution in [1.82, 2.24) is 24.5 Å². The Bertz CT molecular complexity index is 981. The number of aromatic nitrogens is 5. The molecule has 0 fully saturated rings. The SMILES string of the molecule is Clc1cnc(CCc2ccccn2)nc1-n1cnc2ccccc21. The first kappa shape index (κ1) is 14.8. The fourth-order valence-corrected chi connectivity index (χ4v) is 2.78. The Balaban J connectivity index is 1.66. The van der Waals surface area contributed by atoms with Gasteiger partial charge in [-0.3, -0.25) is 9.55 Å². The predicted octanol–water partition coefficient (Wildman–Crippen LogP) is 3.65. The standard InChI is InChI=1S/C18H14ClN5/c19-14-11-21-17(9-8-13-5-3-4-10-20-13)23-18(14)24-12-22-15-6-1-2-7-16(15)24/h1-7,10-12H,8-9H2. The third kappa shape index (κ3) is 2.86. The van der Waals surface area contributed by atoms with Gasteiger partial charge in [0, 0.05) is 18.3 Å². The van der Waals surface area contributed by atoms with Crippen molar-refractivity contribution in [2.24, 2.45) is 0 Å². The van der Waals surface area contributed by atoms with Crippen molar-refractivity contribution in [3.05, 3.63) is 77.7 Å². The Morgan fingerprint density at radius 1 is 0.917 bits per heavy atom. The van der Waals surface area contributed by atoms with E-state index in [9.17, 15) is 0 Å². The van der Waals surface area contributed by atoms with E-state index in [4.69, 9.17) is 11.6 Å². The molecule has 0 radical (unpaired) electrons. The first-order valence-electron chi connectivity index (χ1n) is 7.65. The summed E-state index contributed by atoms with van der Waals surface area (Å²) in [4.78, 5) is 17.7. The van der Waals surface area contributed by atoms with Crippen molar-refractivity contribution in [1.29, 1.82) is 0 Å². The minimum atomic E-state index is 0.500. The molecule has 0 bridgehead atoms. The molecule has 24 heavy (non-hydrogen) atoms. The maximum atomic E-state index is 6.32. The maximum Gasteiger partial charge on any atom is 0.160 e. The highest BCUT2D eigenvalue weighted by molar-refractivity contribution is 6.32. The normalized spacial score (nSPS) is 11.0. The van der Waals surface area contributed by atoms with Gasteiger partial charge in [0.2, 0.25) is 0 Å². The second kappa shape index (κ2) is 6.37. The van der Waals surface area contributed by atoms with Gasteiger partial charge in [-0.25, -0.2) is 15.0 Å². The Kier molecular flexibility index (Phi) is 3.92. The van der Waals surface area contributed by atoms with Crippen LogP contribution in [0.2, 0.25) is 5.02 Å².